The molecule has 0 saturated carbocycles. The minimum Gasteiger partial charge on any atom is -0.435 e. The molecule has 0 amide bonds. The van der Waals surface area contributed by atoms with Crippen molar-refractivity contribution in [2.45, 2.75) is 6.92 Å². The maximum atomic E-state index is 9.75. The number of carbonyl (C=O) groups excluding carboxylic acids is 1. The third-order valence-electron chi connectivity index (χ3n) is 1.54. The Hall–Kier alpha value is -3.12. The monoisotopic (exact) mass is 297 g/mol. The molecule has 0 unspecified atom stereocenters. The molecule has 116 valence electrons. The van der Waals surface area contributed by atoms with Gasteiger partial charge in [-0.25, -0.2) is 0 Å². The minimum atomic E-state index is -0.329. The van der Waals surface area contributed by atoms with Crippen molar-refractivity contribution in [2.24, 2.45) is 0 Å². The van der Waals surface area contributed by atoms with Crippen molar-refractivity contribution in [2.75, 3.05) is 0 Å². The minimum absolute atomic E-state index is 0.329. The van der Waals surface area contributed by atoms with Crippen molar-refractivity contribution in [1.29, 1.82) is 5.26 Å². The second-order valence-corrected chi connectivity index (χ2v) is 3.20. The molecule has 0 bridgehead atoms. The van der Waals surface area contributed by atoms with Gasteiger partial charge in [-0.15, -0.1) is 0 Å². The first kappa shape index (κ1) is 23.9. The smallest absolute Gasteiger partial charge is 0.307 e. The molecule has 1 aromatic carbocycles. The Labute approximate surface area is 133 Å². The van der Waals surface area contributed by atoms with E-state index in [2.05, 4.69) is 37.6 Å². The largest absolute Gasteiger partial charge is 0.435 e. The predicted octanol–water partition coefficient (Wildman–Crippen LogP) is 5.08. The number of hydrogen-bond acceptors (Lipinski definition) is 3. The Bertz CT molecular complexity index is 476. The van der Waals surface area contributed by atoms with Gasteiger partial charge in [-0.05, 0) is 5.56 Å². The number of benzene rings is 1. The summed E-state index contributed by atoms with van der Waals surface area (Å²) in [5, 5.41) is 7.51. The Morgan fingerprint density at radius 2 is 1.55 bits per heavy atom. The molecule has 0 atom stereocenters. The Balaban J connectivity index is -0.000000231. The molecule has 22 heavy (non-hydrogen) atoms. The molecular formula is C19H23NO2. The molecule has 0 heterocycles. The number of rotatable bonds is 3. The molecule has 0 aromatic heterocycles. The lowest BCUT2D eigenvalue weighted by atomic mass is 10.2. The molecule has 0 aliphatic carbocycles. The van der Waals surface area contributed by atoms with Gasteiger partial charge in [0, 0.05) is 13.0 Å². The summed E-state index contributed by atoms with van der Waals surface area (Å²) in [6.07, 6.45) is 7.39. The van der Waals surface area contributed by atoms with Crippen molar-refractivity contribution in [3.8, 4) is 6.07 Å². The van der Waals surface area contributed by atoms with Gasteiger partial charge in [0.15, 0.2) is 0 Å². The van der Waals surface area contributed by atoms with E-state index in [-0.39, 0.29) is 5.97 Å². The zero-order valence-corrected chi connectivity index (χ0v) is 13.1. The van der Waals surface area contributed by atoms with Crippen LogP contribution in [0.4, 0.5) is 0 Å². The molecule has 3 nitrogen and oxygen atoms in total. The van der Waals surface area contributed by atoms with Gasteiger partial charge in [-0.1, -0.05) is 81.5 Å². The van der Waals surface area contributed by atoms with Gasteiger partial charge in [-0.3, -0.25) is 4.79 Å². The lowest BCUT2D eigenvalue weighted by Crippen LogP contribution is -1.87. The van der Waals surface area contributed by atoms with Crippen LogP contribution in [-0.4, -0.2) is 5.97 Å². The fourth-order valence-electron chi connectivity index (χ4n) is 0.706. The Morgan fingerprint density at radius 3 is 1.68 bits per heavy atom. The van der Waals surface area contributed by atoms with Crippen LogP contribution in [0.1, 0.15) is 12.5 Å². The SMILES string of the molecule is C=CC#N.C=CC=C.C=COC(C)=O.C=Cc1ccccc1. The Kier molecular flexibility index (Phi) is 25.0. The highest BCUT2D eigenvalue weighted by Gasteiger charge is 1.79. The van der Waals surface area contributed by atoms with E-state index in [4.69, 9.17) is 5.26 Å². The molecule has 3 heteroatoms. The van der Waals surface area contributed by atoms with Gasteiger partial charge in [0.2, 0.25) is 0 Å². The summed E-state index contributed by atoms with van der Waals surface area (Å²) >= 11 is 0. The topological polar surface area (TPSA) is 50.1 Å². The molecule has 0 saturated heterocycles. The third kappa shape index (κ3) is 30.2. The molecule has 1 rings (SSSR count). The molecule has 1 aromatic rings. The zero-order chi connectivity index (χ0) is 17.6. The van der Waals surface area contributed by atoms with Gasteiger partial charge in [0.05, 0.1) is 12.3 Å². The number of allylic oxidation sites excluding steroid dienone is 3. The summed E-state index contributed by atoms with van der Waals surface area (Å²) in [5.41, 5.74) is 1.17. The standard InChI is InChI=1S/C8H8.C4H6O2.C4H6.C3H3N/c1-2-8-6-4-3-5-7-8;1-3-6-4(2)5;1-3-4-2;1-2-3-4/h2-7H,1H2;3H,1H2,2H3;3-4H,1-2H2;2H,1H2. The molecule has 0 spiro atoms. The zero-order valence-electron chi connectivity index (χ0n) is 13.1. The average molecular weight is 297 g/mol. The van der Waals surface area contributed by atoms with E-state index in [1.807, 2.05) is 36.4 Å². The molecule has 0 radical (unpaired) electrons. The number of ether oxygens (including phenoxy) is 1. The van der Waals surface area contributed by atoms with Gasteiger partial charge >= 0.3 is 5.97 Å². The van der Waals surface area contributed by atoms with Crippen LogP contribution in [0.5, 0.6) is 0 Å². The van der Waals surface area contributed by atoms with E-state index in [9.17, 15) is 4.79 Å². The first-order chi connectivity index (χ1) is 10.5. The fraction of sp³-hybridized carbons (Fsp3) is 0.0526. The summed E-state index contributed by atoms with van der Waals surface area (Å²) in [6.45, 7) is 18.0. The van der Waals surface area contributed by atoms with Crippen LogP contribution in [0.3, 0.4) is 0 Å². The van der Waals surface area contributed by atoms with E-state index in [0.717, 1.165) is 6.26 Å². The maximum absolute atomic E-state index is 9.75. The van der Waals surface area contributed by atoms with Crippen LogP contribution in [-0.2, 0) is 9.53 Å². The van der Waals surface area contributed by atoms with Crippen LogP contribution in [0.2, 0.25) is 0 Å². The van der Waals surface area contributed by atoms with Gasteiger partial charge in [0.1, 0.15) is 0 Å². The van der Waals surface area contributed by atoms with Gasteiger partial charge in [0.25, 0.3) is 0 Å². The summed E-state index contributed by atoms with van der Waals surface area (Å²) in [5.74, 6) is -0.329. The van der Waals surface area contributed by atoms with Crippen molar-refractivity contribution in [3.63, 3.8) is 0 Å². The molecule has 0 aliphatic rings. The second-order valence-electron chi connectivity index (χ2n) is 3.20. The molecule has 0 aliphatic heterocycles. The first-order valence-electron chi connectivity index (χ1n) is 6.23. The average Bonchev–Trinajstić information content (AvgIpc) is 2.56. The first-order valence-corrected chi connectivity index (χ1v) is 6.23. The van der Waals surface area contributed by atoms with E-state index >= 15 is 0 Å². The molecule has 0 fully saturated rings. The van der Waals surface area contributed by atoms with Gasteiger partial charge in [-0.2, -0.15) is 5.26 Å². The summed E-state index contributed by atoms with van der Waals surface area (Å²) in [4.78, 5) is 9.75. The highest BCUT2D eigenvalue weighted by atomic mass is 16.5. The Morgan fingerprint density at radius 1 is 1.09 bits per heavy atom. The third-order valence-corrected chi connectivity index (χ3v) is 1.54. The van der Waals surface area contributed by atoms with Crippen molar-refractivity contribution < 1.29 is 9.53 Å². The van der Waals surface area contributed by atoms with Crippen LogP contribution < -0.4 is 0 Å². The quantitative estimate of drug-likeness (QED) is 0.338. The summed E-state index contributed by atoms with van der Waals surface area (Å²) in [6, 6.07) is 11.7. The lowest BCUT2D eigenvalue weighted by Gasteiger charge is -1.85. The van der Waals surface area contributed by atoms with Crippen LogP contribution in [0.25, 0.3) is 6.08 Å². The number of nitrogens with zero attached hydrogens (tertiary/aromatic N) is 1. The lowest BCUT2D eigenvalue weighted by molar-refractivity contribution is -0.135. The normalized spacial score (nSPS) is 6.55. The highest BCUT2D eigenvalue weighted by Crippen LogP contribution is 1.97. The van der Waals surface area contributed by atoms with E-state index in [1.54, 1.807) is 18.2 Å². The second kappa shape index (κ2) is 23.0. The number of esters is 1. The fourth-order valence-corrected chi connectivity index (χ4v) is 0.706. The number of carbonyl (C=O) groups is 1. The molecular weight excluding hydrogens is 274 g/mol. The summed E-state index contributed by atoms with van der Waals surface area (Å²) in [7, 11) is 0. The predicted molar refractivity (Wildman–Crippen MR) is 94.7 cm³/mol. The number of hydrogen-bond donors (Lipinski definition) is 0. The van der Waals surface area contributed by atoms with Crippen molar-refractivity contribution in [1.82, 2.24) is 0 Å². The molecule has 0 N–H and O–H groups in total. The van der Waals surface area contributed by atoms with Crippen molar-refractivity contribution >= 4 is 12.0 Å². The van der Waals surface area contributed by atoms with E-state index in [0.29, 0.717) is 0 Å². The summed E-state index contributed by atoms with van der Waals surface area (Å²) < 4.78 is 4.17. The van der Waals surface area contributed by atoms with E-state index < -0.39 is 0 Å². The number of nitriles is 1. The van der Waals surface area contributed by atoms with Crippen LogP contribution in [0.15, 0.2) is 87.7 Å². The highest BCUT2D eigenvalue weighted by molar-refractivity contribution is 5.66. The van der Waals surface area contributed by atoms with Crippen LogP contribution >= 0.6 is 0 Å². The van der Waals surface area contributed by atoms with Crippen LogP contribution in [0, 0.1) is 11.3 Å². The maximum Gasteiger partial charge on any atom is 0.307 e. The van der Waals surface area contributed by atoms with Crippen molar-refractivity contribution in [3.05, 3.63) is 93.3 Å². The van der Waals surface area contributed by atoms with E-state index in [1.165, 1.54) is 18.6 Å². The van der Waals surface area contributed by atoms with Gasteiger partial charge < -0.3 is 4.74 Å².